The Kier molecular flexibility index (Phi) is 7.87. The molecule has 1 N–H and O–H groups in total. The van der Waals surface area contributed by atoms with Crippen molar-refractivity contribution in [1.29, 1.82) is 0 Å². The summed E-state index contributed by atoms with van der Waals surface area (Å²) < 4.78 is 41.7. The zero-order chi connectivity index (χ0) is 18.2. The maximum Gasteiger partial charge on any atom is 0.339 e. The predicted octanol–water partition coefficient (Wildman–Crippen LogP) is 2.85. The van der Waals surface area contributed by atoms with Crippen molar-refractivity contribution in [3.63, 3.8) is 0 Å². The van der Waals surface area contributed by atoms with Gasteiger partial charge in [-0.3, -0.25) is 4.55 Å². The summed E-state index contributed by atoms with van der Waals surface area (Å²) in [5.74, 6) is -1.58. The standard InChI is InChI=1S/C16H22O7S/c1-3-5-9-22-15(17)13-8-7-12(24(19,20)21)11-14(13)16(18)23-10-6-4-2/h7-8,11H,3-6,9-10H2,1-2H3,(H,19,20,21). The fourth-order valence-electron chi connectivity index (χ4n) is 1.80. The summed E-state index contributed by atoms with van der Waals surface area (Å²) in [5, 5.41) is 0. The van der Waals surface area contributed by atoms with Gasteiger partial charge in [0, 0.05) is 0 Å². The Bertz CT molecular complexity index is 680. The molecule has 7 nitrogen and oxygen atoms in total. The van der Waals surface area contributed by atoms with E-state index in [-0.39, 0.29) is 24.3 Å². The van der Waals surface area contributed by atoms with Gasteiger partial charge in [0.05, 0.1) is 29.2 Å². The van der Waals surface area contributed by atoms with E-state index in [1.807, 2.05) is 13.8 Å². The molecular formula is C16H22O7S. The number of esters is 2. The predicted molar refractivity (Wildman–Crippen MR) is 86.6 cm³/mol. The lowest BCUT2D eigenvalue weighted by Crippen LogP contribution is -2.16. The molecule has 0 saturated carbocycles. The van der Waals surface area contributed by atoms with Gasteiger partial charge in [0.25, 0.3) is 10.1 Å². The number of benzene rings is 1. The Morgan fingerprint density at radius 1 is 0.958 bits per heavy atom. The van der Waals surface area contributed by atoms with E-state index in [1.54, 1.807) is 0 Å². The van der Waals surface area contributed by atoms with Crippen molar-refractivity contribution < 1.29 is 32.0 Å². The summed E-state index contributed by atoms with van der Waals surface area (Å²) in [6, 6.07) is 3.09. The molecule has 0 amide bonds. The van der Waals surface area contributed by atoms with Crippen LogP contribution in [-0.4, -0.2) is 38.1 Å². The van der Waals surface area contributed by atoms with Gasteiger partial charge in [0.2, 0.25) is 0 Å². The van der Waals surface area contributed by atoms with Crippen LogP contribution in [0.2, 0.25) is 0 Å². The van der Waals surface area contributed by atoms with Gasteiger partial charge >= 0.3 is 11.9 Å². The molecule has 0 aromatic heterocycles. The highest BCUT2D eigenvalue weighted by Crippen LogP contribution is 2.19. The molecule has 8 heteroatoms. The summed E-state index contributed by atoms with van der Waals surface area (Å²) in [6.45, 7) is 4.20. The average Bonchev–Trinajstić information content (AvgIpc) is 2.53. The summed E-state index contributed by atoms with van der Waals surface area (Å²) in [4.78, 5) is 23.8. The minimum Gasteiger partial charge on any atom is -0.462 e. The van der Waals surface area contributed by atoms with Crippen LogP contribution < -0.4 is 0 Å². The van der Waals surface area contributed by atoms with E-state index in [9.17, 15) is 18.0 Å². The molecular weight excluding hydrogens is 336 g/mol. The highest BCUT2D eigenvalue weighted by atomic mass is 32.2. The number of carbonyl (C=O) groups is 2. The minimum atomic E-state index is -4.51. The Morgan fingerprint density at radius 3 is 1.92 bits per heavy atom. The van der Waals surface area contributed by atoms with E-state index in [4.69, 9.17) is 14.0 Å². The normalized spacial score (nSPS) is 11.1. The number of hydrogen-bond donors (Lipinski definition) is 1. The van der Waals surface area contributed by atoms with Crippen molar-refractivity contribution in [3.8, 4) is 0 Å². The minimum absolute atomic E-state index is 0.0972. The number of hydrogen-bond acceptors (Lipinski definition) is 6. The zero-order valence-corrected chi connectivity index (χ0v) is 14.6. The fraction of sp³-hybridized carbons (Fsp3) is 0.500. The van der Waals surface area contributed by atoms with Gasteiger partial charge in [-0.15, -0.1) is 0 Å². The fourth-order valence-corrected chi connectivity index (χ4v) is 2.31. The monoisotopic (exact) mass is 358 g/mol. The van der Waals surface area contributed by atoms with Crippen LogP contribution in [0.25, 0.3) is 0 Å². The smallest absolute Gasteiger partial charge is 0.339 e. The largest absolute Gasteiger partial charge is 0.462 e. The highest BCUT2D eigenvalue weighted by molar-refractivity contribution is 7.85. The lowest BCUT2D eigenvalue weighted by Gasteiger charge is -2.11. The van der Waals surface area contributed by atoms with Gasteiger partial charge < -0.3 is 9.47 Å². The van der Waals surface area contributed by atoms with Crippen LogP contribution in [0.5, 0.6) is 0 Å². The van der Waals surface area contributed by atoms with Crippen LogP contribution in [0.1, 0.15) is 60.2 Å². The van der Waals surface area contributed by atoms with Crippen LogP contribution in [0.4, 0.5) is 0 Å². The van der Waals surface area contributed by atoms with Crippen molar-refractivity contribution in [2.24, 2.45) is 0 Å². The topological polar surface area (TPSA) is 107 Å². The Hall–Kier alpha value is -1.93. The quantitative estimate of drug-likeness (QED) is 0.411. The second kappa shape index (κ2) is 9.39. The third-order valence-electron chi connectivity index (χ3n) is 3.19. The Labute approximate surface area is 141 Å². The van der Waals surface area contributed by atoms with Gasteiger partial charge in [0.15, 0.2) is 0 Å². The lowest BCUT2D eigenvalue weighted by atomic mass is 10.1. The highest BCUT2D eigenvalue weighted by Gasteiger charge is 2.23. The molecule has 0 fully saturated rings. The lowest BCUT2D eigenvalue weighted by molar-refractivity contribution is 0.0452. The molecule has 0 unspecified atom stereocenters. The Balaban J connectivity index is 3.12. The third-order valence-corrected chi connectivity index (χ3v) is 4.04. The number of ether oxygens (including phenoxy) is 2. The summed E-state index contributed by atoms with van der Waals surface area (Å²) >= 11 is 0. The molecule has 0 aliphatic carbocycles. The molecule has 0 spiro atoms. The van der Waals surface area contributed by atoms with Gasteiger partial charge in [-0.25, -0.2) is 9.59 Å². The van der Waals surface area contributed by atoms with Crippen molar-refractivity contribution >= 4 is 22.1 Å². The molecule has 1 rings (SSSR count). The first-order valence-corrected chi connectivity index (χ1v) is 9.21. The first kappa shape index (κ1) is 20.1. The van der Waals surface area contributed by atoms with Crippen molar-refractivity contribution in [3.05, 3.63) is 29.3 Å². The van der Waals surface area contributed by atoms with Crippen LogP contribution in [0.3, 0.4) is 0 Å². The van der Waals surface area contributed by atoms with Gasteiger partial charge in [-0.2, -0.15) is 8.42 Å². The van der Waals surface area contributed by atoms with Gasteiger partial charge in [-0.05, 0) is 31.0 Å². The van der Waals surface area contributed by atoms with Crippen molar-refractivity contribution in [2.75, 3.05) is 13.2 Å². The molecule has 0 atom stereocenters. The zero-order valence-electron chi connectivity index (χ0n) is 13.8. The summed E-state index contributed by atoms with van der Waals surface area (Å²) in [7, 11) is -4.51. The molecule has 0 aliphatic heterocycles. The second-order valence-corrected chi connectivity index (χ2v) is 6.58. The van der Waals surface area contributed by atoms with E-state index in [1.165, 1.54) is 0 Å². The van der Waals surface area contributed by atoms with E-state index >= 15 is 0 Å². The Morgan fingerprint density at radius 2 is 1.46 bits per heavy atom. The molecule has 0 heterocycles. The van der Waals surface area contributed by atoms with Gasteiger partial charge in [0.1, 0.15) is 0 Å². The van der Waals surface area contributed by atoms with E-state index in [0.29, 0.717) is 12.8 Å². The number of rotatable bonds is 9. The maximum absolute atomic E-state index is 12.1. The van der Waals surface area contributed by atoms with Crippen LogP contribution >= 0.6 is 0 Å². The molecule has 1 aromatic carbocycles. The van der Waals surface area contributed by atoms with Gasteiger partial charge in [-0.1, -0.05) is 26.7 Å². The molecule has 134 valence electrons. The molecule has 1 aromatic rings. The van der Waals surface area contributed by atoms with E-state index in [0.717, 1.165) is 31.0 Å². The summed E-state index contributed by atoms with van der Waals surface area (Å²) in [5.41, 5.74) is -0.345. The van der Waals surface area contributed by atoms with E-state index in [2.05, 4.69) is 0 Å². The SMILES string of the molecule is CCCCOC(=O)c1ccc(S(=O)(=O)O)cc1C(=O)OCCCC. The summed E-state index contributed by atoms with van der Waals surface area (Å²) in [6.07, 6.45) is 2.95. The van der Waals surface area contributed by atoms with E-state index < -0.39 is 27.0 Å². The van der Waals surface area contributed by atoms with Crippen molar-refractivity contribution in [1.82, 2.24) is 0 Å². The average molecular weight is 358 g/mol. The number of unbranched alkanes of at least 4 members (excludes halogenated alkanes) is 2. The first-order valence-electron chi connectivity index (χ1n) is 7.77. The molecule has 0 bridgehead atoms. The molecule has 0 saturated heterocycles. The molecule has 0 radical (unpaired) electrons. The van der Waals surface area contributed by atoms with Crippen LogP contribution in [-0.2, 0) is 19.6 Å². The molecule has 24 heavy (non-hydrogen) atoms. The van der Waals surface area contributed by atoms with Crippen LogP contribution in [0.15, 0.2) is 23.1 Å². The van der Waals surface area contributed by atoms with Crippen LogP contribution in [0, 0.1) is 0 Å². The maximum atomic E-state index is 12.1. The molecule has 0 aliphatic rings. The number of carbonyl (C=O) groups excluding carboxylic acids is 2. The third kappa shape index (κ3) is 5.93. The second-order valence-electron chi connectivity index (χ2n) is 5.16. The van der Waals surface area contributed by atoms with Crippen molar-refractivity contribution in [2.45, 2.75) is 44.4 Å². The first-order chi connectivity index (χ1) is 11.3.